The fourth-order valence-electron chi connectivity index (χ4n) is 1.77. The summed E-state index contributed by atoms with van der Waals surface area (Å²) in [5, 5.41) is 2.52. The number of benzene rings is 2. The highest BCUT2D eigenvalue weighted by molar-refractivity contribution is 5.85. The molecular formula is C14H17NO2. The van der Waals surface area contributed by atoms with Gasteiger partial charge in [-0.15, -0.1) is 0 Å². The van der Waals surface area contributed by atoms with E-state index in [0.717, 1.165) is 0 Å². The van der Waals surface area contributed by atoms with Gasteiger partial charge in [0.1, 0.15) is 0 Å². The van der Waals surface area contributed by atoms with Gasteiger partial charge < -0.3 is 4.74 Å². The average Bonchev–Trinajstić information content (AvgIpc) is 2.39. The van der Waals surface area contributed by atoms with Crippen LogP contribution in [0, 0.1) is 0 Å². The molecule has 17 heavy (non-hydrogen) atoms. The number of hydroxylamine groups is 1. The van der Waals surface area contributed by atoms with E-state index in [1.165, 1.54) is 16.3 Å². The van der Waals surface area contributed by atoms with E-state index in [-0.39, 0.29) is 0 Å². The van der Waals surface area contributed by atoms with Crippen LogP contribution in [0.25, 0.3) is 10.8 Å². The smallest absolute Gasteiger partial charge is 0.0916 e. The van der Waals surface area contributed by atoms with Crippen molar-refractivity contribution in [1.29, 1.82) is 0 Å². The lowest BCUT2D eigenvalue weighted by atomic mass is 10.1. The first-order valence-corrected chi connectivity index (χ1v) is 5.72. The molecule has 0 radical (unpaired) electrons. The van der Waals surface area contributed by atoms with Gasteiger partial charge in [0.2, 0.25) is 0 Å². The molecule has 3 nitrogen and oxygen atoms in total. The van der Waals surface area contributed by atoms with Crippen molar-refractivity contribution in [3.05, 3.63) is 48.0 Å². The lowest BCUT2D eigenvalue weighted by Gasteiger charge is -2.08. The molecule has 2 aromatic carbocycles. The first-order chi connectivity index (χ1) is 8.42. The Balaban J connectivity index is 1.98. The maximum Gasteiger partial charge on any atom is 0.0916 e. The van der Waals surface area contributed by atoms with Crippen molar-refractivity contribution < 1.29 is 9.57 Å². The zero-order valence-electron chi connectivity index (χ0n) is 9.98. The van der Waals surface area contributed by atoms with Crippen LogP contribution in [0.5, 0.6) is 0 Å². The van der Waals surface area contributed by atoms with Crippen molar-refractivity contribution in [1.82, 2.24) is 5.48 Å². The van der Waals surface area contributed by atoms with E-state index in [1.807, 2.05) is 0 Å². The highest BCUT2D eigenvalue weighted by Gasteiger charge is 1.99. The first kappa shape index (κ1) is 12.0. The second-order valence-electron chi connectivity index (χ2n) is 3.80. The van der Waals surface area contributed by atoms with Gasteiger partial charge in [0.25, 0.3) is 0 Å². The van der Waals surface area contributed by atoms with Gasteiger partial charge in [-0.3, -0.25) is 4.84 Å². The maximum absolute atomic E-state index is 5.25. The summed E-state index contributed by atoms with van der Waals surface area (Å²) < 4.78 is 4.90. The van der Waals surface area contributed by atoms with Crippen LogP contribution in [0.15, 0.2) is 42.5 Å². The third kappa shape index (κ3) is 3.27. The monoisotopic (exact) mass is 231 g/mol. The minimum atomic E-state index is 0.557. The molecule has 0 aromatic heterocycles. The number of ether oxygens (including phenoxy) is 1. The Morgan fingerprint density at radius 3 is 2.71 bits per heavy atom. The molecular weight excluding hydrogens is 214 g/mol. The molecule has 0 aliphatic heterocycles. The second kappa shape index (κ2) is 6.35. The SMILES string of the molecule is COCCONCc1cccc2ccccc12. The maximum atomic E-state index is 5.25. The van der Waals surface area contributed by atoms with Gasteiger partial charge in [-0.2, -0.15) is 5.48 Å². The minimum Gasteiger partial charge on any atom is -0.382 e. The van der Waals surface area contributed by atoms with Gasteiger partial charge in [-0.1, -0.05) is 42.5 Å². The Morgan fingerprint density at radius 1 is 1.00 bits per heavy atom. The summed E-state index contributed by atoms with van der Waals surface area (Å²) in [6.07, 6.45) is 0. The molecule has 0 aliphatic carbocycles. The molecule has 0 spiro atoms. The summed E-state index contributed by atoms with van der Waals surface area (Å²) >= 11 is 0. The standard InChI is InChI=1S/C14H17NO2/c1-16-9-10-17-15-11-13-7-4-6-12-5-2-3-8-14(12)13/h2-8,15H,9-11H2,1H3. The van der Waals surface area contributed by atoms with E-state index in [1.54, 1.807) is 7.11 Å². The van der Waals surface area contributed by atoms with Crippen molar-refractivity contribution >= 4 is 10.8 Å². The predicted molar refractivity (Wildman–Crippen MR) is 68.6 cm³/mol. The van der Waals surface area contributed by atoms with E-state index < -0.39 is 0 Å². The van der Waals surface area contributed by atoms with Crippen LogP contribution in [0.1, 0.15) is 5.56 Å². The Labute approximate surface area is 101 Å². The molecule has 90 valence electrons. The van der Waals surface area contributed by atoms with Crippen molar-refractivity contribution in [3.63, 3.8) is 0 Å². The number of methoxy groups -OCH3 is 1. The molecule has 0 fully saturated rings. The predicted octanol–water partition coefficient (Wildman–Crippen LogP) is 2.51. The van der Waals surface area contributed by atoms with Gasteiger partial charge in [0, 0.05) is 13.7 Å². The van der Waals surface area contributed by atoms with Crippen LogP contribution < -0.4 is 5.48 Å². The molecule has 0 saturated heterocycles. The lowest BCUT2D eigenvalue weighted by Crippen LogP contribution is -2.17. The van der Waals surface area contributed by atoms with E-state index >= 15 is 0 Å². The number of rotatable bonds is 6. The Kier molecular flexibility index (Phi) is 4.50. The van der Waals surface area contributed by atoms with E-state index in [9.17, 15) is 0 Å². The van der Waals surface area contributed by atoms with E-state index in [0.29, 0.717) is 19.8 Å². The topological polar surface area (TPSA) is 30.5 Å². The second-order valence-corrected chi connectivity index (χ2v) is 3.80. The third-order valence-electron chi connectivity index (χ3n) is 2.63. The largest absolute Gasteiger partial charge is 0.382 e. The van der Waals surface area contributed by atoms with Crippen molar-refractivity contribution in [3.8, 4) is 0 Å². The van der Waals surface area contributed by atoms with Crippen molar-refractivity contribution in [2.45, 2.75) is 6.54 Å². The third-order valence-corrected chi connectivity index (χ3v) is 2.63. The van der Waals surface area contributed by atoms with Gasteiger partial charge in [0.15, 0.2) is 0 Å². The van der Waals surface area contributed by atoms with Gasteiger partial charge in [0.05, 0.1) is 13.2 Å². The van der Waals surface area contributed by atoms with Crippen LogP contribution in [-0.4, -0.2) is 20.3 Å². The van der Waals surface area contributed by atoms with Crippen LogP contribution >= 0.6 is 0 Å². The molecule has 3 heteroatoms. The van der Waals surface area contributed by atoms with Crippen LogP contribution in [-0.2, 0) is 16.1 Å². The Hall–Kier alpha value is -1.42. The zero-order valence-corrected chi connectivity index (χ0v) is 9.98. The fourth-order valence-corrected chi connectivity index (χ4v) is 1.77. The van der Waals surface area contributed by atoms with E-state index in [2.05, 4.69) is 47.9 Å². The highest BCUT2D eigenvalue weighted by Crippen LogP contribution is 2.17. The number of fused-ring (bicyclic) bond motifs is 1. The van der Waals surface area contributed by atoms with Crippen LogP contribution in [0.2, 0.25) is 0 Å². The summed E-state index contributed by atoms with van der Waals surface area (Å²) in [5.41, 5.74) is 4.19. The highest BCUT2D eigenvalue weighted by atomic mass is 16.7. The molecule has 2 aromatic rings. The minimum absolute atomic E-state index is 0.557. The Bertz CT molecular complexity index is 465. The molecule has 1 N–H and O–H groups in total. The Morgan fingerprint density at radius 2 is 1.82 bits per heavy atom. The lowest BCUT2D eigenvalue weighted by molar-refractivity contribution is 0.00363. The zero-order chi connectivity index (χ0) is 11.9. The molecule has 0 saturated carbocycles. The molecule has 0 heterocycles. The molecule has 0 unspecified atom stereocenters. The summed E-state index contributed by atoms with van der Waals surface area (Å²) in [6, 6.07) is 14.6. The van der Waals surface area contributed by atoms with E-state index in [4.69, 9.17) is 9.57 Å². The van der Waals surface area contributed by atoms with Gasteiger partial charge in [-0.25, -0.2) is 0 Å². The van der Waals surface area contributed by atoms with Crippen molar-refractivity contribution in [2.24, 2.45) is 0 Å². The molecule has 0 amide bonds. The molecule has 0 bridgehead atoms. The summed E-state index contributed by atoms with van der Waals surface area (Å²) in [4.78, 5) is 5.25. The van der Waals surface area contributed by atoms with Crippen LogP contribution in [0.4, 0.5) is 0 Å². The normalized spacial score (nSPS) is 10.9. The summed E-state index contributed by atoms with van der Waals surface area (Å²) in [7, 11) is 1.66. The molecule has 2 rings (SSSR count). The number of hydrogen-bond donors (Lipinski definition) is 1. The first-order valence-electron chi connectivity index (χ1n) is 5.72. The average molecular weight is 231 g/mol. The fraction of sp³-hybridized carbons (Fsp3) is 0.286. The number of hydrogen-bond acceptors (Lipinski definition) is 3. The quantitative estimate of drug-likeness (QED) is 0.612. The van der Waals surface area contributed by atoms with Gasteiger partial charge >= 0.3 is 0 Å². The summed E-state index contributed by atoms with van der Waals surface area (Å²) in [6.45, 7) is 1.86. The van der Waals surface area contributed by atoms with Crippen LogP contribution in [0.3, 0.4) is 0 Å². The van der Waals surface area contributed by atoms with Gasteiger partial charge in [-0.05, 0) is 16.3 Å². The van der Waals surface area contributed by atoms with Crippen molar-refractivity contribution in [2.75, 3.05) is 20.3 Å². The molecule has 0 atom stereocenters. The molecule has 0 aliphatic rings. The summed E-state index contributed by atoms with van der Waals surface area (Å²) in [5.74, 6) is 0. The number of nitrogens with one attached hydrogen (secondary N) is 1.